The van der Waals surface area contributed by atoms with Crippen LogP contribution < -0.4 is 5.32 Å². The predicted molar refractivity (Wildman–Crippen MR) is 58.0 cm³/mol. The second kappa shape index (κ2) is 5.29. The summed E-state index contributed by atoms with van der Waals surface area (Å²) in [6.45, 7) is 1.70. The summed E-state index contributed by atoms with van der Waals surface area (Å²) in [5.41, 5.74) is 1.83. The van der Waals surface area contributed by atoms with Crippen LogP contribution in [-0.4, -0.2) is 13.0 Å². The van der Waals surface area contributed by atoms with E-state index in [-0.39, 0.29) is 6.54 Å². The van der Waals surface area contributed by atoms with Crippen LogP contribution in [0, 0.1) is 0 Å². The third-order valence-electron chi connectivity index (χ3n) is 1.90. The highest BCUT2D eigenvalue weighted by Crippen LogP contribution is 2.21. The van der Waals surface area contributed by atoms with E-state index in [0.717, 1.165) is 22.1 Å². The quantitative estimate of drug-likeness (QED) is 0.874. The Morgan fingerprint density at radius 3 is 2.71 bits per heavy atom. The first kappa shape index (κ1) is 11.4. The monoisotopic (exact) mass is 263 g/mol. The average Bonchev–Trinajstić information content (AvgIpc) is 2.15. The minimum atomic E-state index is -2.32. The number of alkyl halides is 2. The molecule has 0 spiro atoms. The molecule has 0 bridgehead atoms. The summed E-state index contributed by atoms with van der Waals surface area (Å²) >= 11 is 3.34. The van der Waals surface area contributed by atoms with E-state index in [0.29, 0.717) is 0 Å². The molecule has 0 aliphatic heterocycles. The fraction of sp³-hybridized carbons (Fsp3) is 0.400. The van der Waals surface area contributed by atoms with Gasteiger partial charge in [-0.1, -0.05) is 22.9 Å². The molecule has 14 heavy (non-hydrogen) atoms. The van der Waals surface area contributed by atoms with Crippen molar-refractivity contribution in [3.05, 3.63) is 28.2 Å². The number of halogens is 3. The van der Waals surface area contributed by atoms with Gasteiger partial charge in [-0.15, -0.1) is 0 Å². The van der Waals surface area contributed by atoms with Crippen LogP contribution in [-0.2, 0) is 6.42 Å². The van der Waals surface area contributed by atoms with E-state index in [1.807, 2.05) is 25.1 Å². The third-order valence-corrected chi connectivity index (χ3v) is 2.39. The maximum absolute atomic E-state index is 12.0. The maximum atomic E-state index is 12.0. The van der Waals surface area contributed by atoms with Crippen molar-refractivity contribution in [1.29, 1.82) is 0 Å². The highest BCUT2D eigenvalue weighted by Gasteiger charge is 2.04. The SMILES string of the molecule is CCc1cc(Br)ccc1NCC(F)F. The lowest BCUT2D eigenvalue weighted by Gasteiger charge is -2.10. The van der Waals surface area contributed by atoms with Gasteiger partial charge < -0.3 is 5.32 Å². The molecule has 4 heteroatoms. The third kappa shape index (κ3) is 3.25. The number of nitrogens with one attached hydrogen (secondary N) is 1. The summed E-state index contributed by atoms with van der Waals surface area (Å²) in [5.74, 6) is 0. The van der Waals surface area contributed by atoms with Crippen molar-refractivity contribution in [1.82, 2.24) is 0 Å². The lowest BCUT2D eigenvalue weighted by atomic mass is 10.1. The molecule has 0 aliphatic rings. The first-order chi connectivity index (χ1) is 6.63. The fourth-order valence-electron chi connectivity index (χ4n) is 1.21. The van der Waals surface area contributed by atoms with Crippen molar-refractivity contribution in [2.75, 3.05) is 11.9 Å². The van der Waals surface area contributed by atoms with Crippen LogP contribution in [0.2, 0.25) is 0 Å². The largest absolute Gasteiger partial charge is 0.379 e. The molecule has 1 rings (SSSR count). The summed E-state index contributed by atoms with van der Waals surface area (Å²) in [6.07, 6.45) is -1.49. The van der Waals surface area contributed by atoms with Crippen LogP contribution in [0.25, 0.3) is 0 Å². The Hall–Kier alpha value is -0.640. The molecule has 1 nitrogen and oxygen atoms in total. The molecule has 0 amide bonds. The number of benzene rings is 1. The van der Waals surface area contributed by atoms with Gasteiger partial charge in [-0.05, 0) is 30.2 Å². The molecule has 0 atom stereocenters. The first-order valence-electron chi connectivity index (χ1n) is 4.44. The molecule has 0 saturated heterocycles. The molecular weight excluding hydrogens is 252 g/mol. The van der Waals surface area contributed by atoms with Gasteiger partial charge in [0.25, 0.3) is 6.43 Å². The van der Waals surface area contributed by atoms with Crippen molar-refractivity contribution in [2.24, 2.45) is 0 Å². The van der Waals surface area contributed by atoms with Gasteiger partial charge in [0.1, 0.15) is 0 Å². The van der Waals surface area contributed by atoms with E-state index < -0.39 is 6.43 Å². The lowest BCUT2D eigenvalue weighted by Crippen LogP contribution is -2.11. The zero-order valence-corrected chi connectivity index (χ0v) is 9.44. The minimum Gasteiger partial charge on any atom is -0.379 e. The normalized spacial score (nSPS) is 10.6. The molecule has 0 saturated carbocycles. The number of aryl methyl sites for hydroxylation is 1. The van der Waals surface area contributed by atoms with Crippen LogP contribution in [0.5, 0.6) is 0 Å². The highest BCUT2D eigenvalue weighted by molar-refractivity contribution is 9.10. The molecule has 1 N–H and O–H groups in total. The minimum absolute atomic E-state index is 0.297. The van der Waals surface area contributed by atoms with Gasteiger partial charge >= 0.3 is 0 Å². The van der Waals surface area contributed by atoms with Gasteiger partial charge in [0.15, 0.2) is 0 Å². The van der Waals surface area contributed by atoms with Crippen LogP contribution >= 0.6 is 15.9 Å². The Labute approximate surface area is 90.6 Å². The second-order valence-corrected chi connectivity index (χ2v) is 3.84. The van der Waals surface area contributed by atoms with E-state index in [9.17, 15) is 8.78 Å². The Kier molecular flexibility index (Phi) is 4.32. The van der Waals surface area contributed by atoms with Crippen molar-refractivity contribution in [3.8, 4) is 0 Å². The highest BCUT2D eigenvalue weighted by atomic mass is 79.9. The van der Waals surface area contributed by atoms with Gasteiger partial charge in [-0.3, -0.25) is 0 Å². The average molecular weight is 264 g/mol. The molecule has 1 aromatic rings. The Balaban J connectivity index is 2.75. The van der Waals surface area contributed by atoms with Crippen LogP contribution in [0.3, 0.4) is 0 Å². The predicted octanol–water partition coefficient (Wildman–Crippen LogP) is 3.69. The van der Waals surface area contributed by atoms with E-state index in [1.54, 1.807) is 0 Å². The summed E-state index contributed by atoms with van der Waals surface area (Å²) in [6, 6.07) is 5.59. The molecule has 0 unspecified atom stereocenters. The maximum Gasteiger partial charge on any atom is 0.255 e. The molecule has 0 fully saturated rings. The smallest absolute Gasteiger partial charge is 0.255 e. The molecular formula is C10H12BrF2N. The van der Waals surface area contributed by atoms with Crippen molar-refractivity contribution < 1.29 is 8.78 Å². The molecule has 0 aliphatic carbocycles. The van der Waals surface area contributed by atoms with Gasteiger partial charge in [0.05, 0.1) is 6.54 Å². The topological polar surface area (TPSA) is 12.0 Å². The molecule has 0 radical (unpaired) electrons. The van der Waals surface area contributed by atoms with Crippen molar-refractivity contribution in [3.63, 3.8) is 0 Å². The molecule has 0 aromatic heterocycles. The summed E-state index contributed by atoms with van der Waals surface area (Å²) in [5, 5.41) is 2.72. The fourth-order valence-corrected chi connectivity index (χ4v) is 1.62. The van der Waals surface area contributed by atoms with E-state index in [2.05, 4.69) is 21.2 Å². The summed E-state index contributed by atoms with van der Waals surface area (Å²) in [7, 11) is 0. The first-order valence-corrected chi connectivity index (χ1v) is 5.23. The van der Waals surface area contributed by atoms with Gasteiger partial charge in [0.2, 0.25) is 0 Å². The summed E-state index contributed by atoms with van der Waals surface area (Å²) < 4.78 is 24.9. The zero-order valence-electron chi connectivity index (χ0n) is 7.86. The molecule has 1 aromatic carbocycles. The van der Waals surface area contributed by atoms with Gasteiger partial charge in [-0.2, -0.15) is 0 Å². The summed E-state index contributed by atoms with van der Waals surface area (Å²) in [4.78, 5) is 0. The Morgan fingerprint density at radius 2 is 2.14 bits per heavy atom. The number of hydrogen-bond acceptors (Lipinski definition) is 1. The van der Waals surface area contributed by atoms with Crippen molar-refractivity contribution >= 4 is 21.6 Å². The number of rotatable bonds is 4. The van der Waals surface area contributed by atoms with E-state index in [1.165, 1.54) is 0 Å². The van der Waals surface area contributed by atoms with Crippen LogP contribution in [0.15, 0.2) is 22.7 Å². The number of hydrogen-bond donors (Lipinski definition) is 1. The van der Waals surface area contributed by atoms with Gasteiger partial charge in [0, 0.05) is 10.2 Å². The number of anilines is 1. The van der Waals surface area contributed by atoms with Crippen molar-refractivity contribution in [2.45, 2.75) is 19.8 Å². The standard InChI is InChI=1S/C10H12BrF2N/c1-2-7-5-8(11)3-4-9(7)14-6-10(12)13/h3-5,10,14H,2,6H2,1H3. The van der Waals surface area contributed by atoms with E-state index >= 15 is 0 Å². The molecule has 0 heterocycles. The lowest BCUT2D eigenvalue weighted by molar-refractivity contribution is 0.163. The zero-order chi connectivity index (χ0) is 10.6. The second-order valence-electron chi connectivity index (χ2n) is 2.93. The van der Waals surface area contributed by atoms with E-state index in [4.69, 9.17) is 0 Å². The van der Waals surface area contributed by atoms with Crippen LogP contribution in [0.4, 0.5) is 14.5 Å². The Morgan fingerprint density at radius 1 is 1.43 bits per heavy atom. The van der Waals surface area contributed by atoms with Crippen LogP contribution in [0.1, 0.15) is 12.5 Å². The molecule has 78 valence electrons. The van der Waals surface area contributed by atoms with Gasteiger partial charge in [-0.25, -0.2) is 8.78 Å². The Bertz CT molecular complexity index is 302.